The molecule has 0 fully saturated rings. The van der Waals surface area contributed by atoms with Gasteiger partial charge in [-0.2, -0.15) is 11.8 Å². The number of hydrogen-bond acceptors (Lipinski definition) is 3. The smallest absolute Gasteiger partial charge is 0.251 e. The second kappa shape index (κ2) is 7.13. The van der Waals surface area contributed by atoms with E-state index in [1.165, 1.54) is 0 Å². The summed E-state index contributed by atoms with van der Waals surface area (Å²) in [5.41, 5.74) is 1.75. The summed E-state index contributed by atoms with van der Waals surface area (Å²) in [6.07, 6.45) is 5.37. The van der Waals surface area contributed by atoms with Crippen molar-refractivity contribution in [2.24, 2.45) is 0 Å². The van der Waals surface area contributed by atoms with Gasteiger partial charge >= 0.3 is 0 Å². The number of carbonyl (C=O) groups excluding carboxylic acids is 2. The van der Waals surface area contributed by atoms with Crippen LogP contribution in [0.2, 0.25) is 0 Å². The molecule has 5 heteroatoms. The van der Waals surface area contributed by atoms with E-state index in [9.17, 15) is 9.59 Å². The Morgan fingerprint density at radius 2 is 1.81 bits per heavy atom. The molecule has 2 aromatic rings. The molecule has 1 amide bonds. The highest BCUT2D eigenvalue weighted by Gasteiger charge is 2.12. The molecule has 0 saturated heterocycles. The predicted molar refractivity (Wildman–Crippen MR) is 86.0 cm³/mol. The SMILES string of the molecule is CSC[C@@H](C)NC(=O)c1ccc(C(=O)c2cc[nH]c2)cc1. The first-order valence-corrected chi connectivity index (χ1v) is 8.08. The molecular formula is C16H18N2O2S. The molecule has 0 unspecified atom stereocenters. The third-order valence-electron chi connectivity index (χ3n) is 3.06. The maximum Gasteiger partial charge on any atom is 0.251 e. The van der Waals surface area contributed by atoms with Crippen LogP contribution in [0.3, 0.4) is 0 Å². The van der Waals surface area contributed by atoms with Crippen molar-refractivity contribution >= 4 is 23.5 Å². The molecule has 21 heavy (non-hydrogen) atoms. The number of aromatic nitrogens is 1. The lowest BCUT2D eigenvalue weighted by Crippen LogP contribution is -2.34. The van der Waals surface area contributed by atoms with E-state index in [0.29, 0.717) is 16.7 Å². The highest BCUT2D eigenvalue weighted by Crippen LogP contribution is 2.11. The largest absolute Gasteiger partial charge is 0.367 e. The van der Waals surface area contributed by atoms with Crippen LogP contribution in [0.25, 0.3) is 0 Å². The maximum atomic E-state index is 12.1. The lowest BCUT2D eigenvalue weighted by atomic mass is 10.0. The van der Waals surface area contributed by atoms with Crippen molar-refractivity contribution in [3.8, 4) is 0 Å². The summed E-state index contributed by atoms with van der Waals surface area (Å²) < 4.78 is 0. The van der Waals surface area contributed by atoms with Crippen LogP contribution in [0.1, 0.15) is 33.2 Å². The Balaban J connectivity index is 2.05. The van der Waals surface area contributed by atoms with Crippen molar-refractivity contribution in [3.05, 3.63) is 59.4 Å². The van der Waals surface area contributed by atoms with Crippen molar-refractivity contribution in [1.82, 2.24) is 10.3 Å². The van der Waals surface area contributed by atoms with Gasteiger partial charge in [0.2, 0.25) is 0 Å². The first-order chi connectivity index (χ1) is 10.1. The minimum absolute atomic E-state index is 0.0565. The van der Waals surface area contributed by atoms with Gasteiger partial charge in [0.1, 0.15) is 0 Å². The Kier molecular flexibility index (Phi) is 5.22. The second-order valence-corrected chi connectivity index (χ2v) is 5.75. The molecule has 2 rings (SSSR count). The maximum absolute atomic E-state index is 12.1. The zero-order chi connectivity index (χ0) is 15.2. The van der Waals surface area contributed by atoms with Crippen molar-refractivity contribution in [2.75, 3.05) is 12.0 Å². The average molecular weight is 302 g/mol. The van der Waals surface area contributed by atoms with Crippen molar-refractivity contribution < 1.29 is 9.59 Å². The van der Waals surface area contributed by atoms with E-state index in [2.05, 4.69) is 10.3 Å². The Morgan fingerprint density at radius 3 is 2.38 bits per heavy atom. The van der Waals surface area contributed by atoms with E-state index in [-0.39, 0.29) is 17.7 Å². The van der Waals surface area contributed by atoms with Gasteiger partial charge in [0, 0.05) is 40.9 Å². The van der Waals surface area contributed by atoms with Gasteiger partial charge in [0.15, 0.2) is 5.78 Å². The van der Waals surface area contributed by atoms with Crippen LogP contribution in [0, 0.1) is 0 Å². The average Bonchev–Trinajstić information content (AvgIpc) is 3.01. The number of aromatic amines is 1. The monoisotopic (exact) mass is 302 g/mol. The minimum atomic E-state index is -0.114. The molecule has 1 heterocycles. The molecule has 0 saturated carbocycles. The lowest BCUT2D eigenvalue weighted by molar-refractivity contribution is 0.0942. The van der Waals surface area contributed by atoms with E-state index in [1.54, 1.807) is 54.5 Å². The quantitative estimate of drug-likeness (QED) is 0.807. The number of H-pyrrole nitrogens is 1. The number of hydrogen-bond donors (Lipinski definition) is 2. The van der Waals surface area contributed by atoms with E-state index in [1.807, 2.05) is 13.2 Å². The minimum Gasteiger partial charge on any atom is -0.367 e. The summed E-state index contributed by atoms with van der Waals surface area (Å²) >= 11 is 1.69. The van der Waals surface area contributed by atoms with E-state index in [4.69, 9.17) is 0 Å². The fraction of sp³-hybridized carbons (Fsp3) is 0.250. The number of ketones is 1. The zero-order valence-corrected chi connectivity index (χ0v) is 12.9. The molecule has 4 nitrogen and oxygen atoms in total. The lowest BCUT2D eigenvalue weighted by Gasteiger charge is -2.12. The fourth-order valence-electron chi connectivity index (χ4n) is 2.00. The van der Waals surface area contributed by atoms with Crippen LogP contribution in [0.4, 0.5) is 0 Å². The topological polar surface area (TPSA) is 62.0 Å². The molecule has 2 N–H and O–H groups in total. The number of amides is 1. The standard InChI is InChI=1S/C16H18N2O2S/c1-11(10-21-2)18-16(20)13-5-3-12(4-6-13)15(19)14-7-8-17-9-14/h3-9,11,17H,10H2,1-2H3,(H,18,20)/t11-/m1/s1. The van der Waals surface area contributed by atoms with Gasteiger partial charge in [0.25, 0.3) is 5.91 Å². The molecule has 1 aromatic carbocycles. The van der Waals surface area contributed by atoms with Crippen LogP contribution < -0.4 is 5.32 Å². The van der Waals surface area contributed by atoms with Crippen LogP contribution in [0.5, 0.6) is 0 Å². The number of nitrogens with one attached hydrogen (secondary N) is 2. The molecule has 110 valence electrons. The number of carbonyl (C=O) groups is 2. The summed E-state index contributed by atoms with van der Waals surface area (Å²) in [6.45, 7) is 1.97. The molecule has 0 aliphatic carbocycles. The molecule has 0 radical (unpaired) electrons. The highest BCUT2D eigenvalue weighted by molar-refractivity contribution is 7.98. The molecule has 0 aliphatic rings. The van der Waals surface area contributed by atoms with Gasteiger partial charge in [0.05, 0.1) is 0 Å². The Labute approximate surface area is 128 Å². The number of rotatable bonds is 6. The first-order valence-electron chi connectivity index (χ1n) is 6.69. The number of benzene rings is 1. The molecule has 0 bridgehead atoms. The van der Waals surface area contributed by atoms with E-state index < -0.39 is 0 Å². The van der Waals surface area contributed by atoms with E-state index >= 15 is 0 Å². The van der Waals surface area contributed by atoms with Crippen molar-refractivity contribution in [3.63, 3.8) is 0 Å². The van der Waals surface area contributed by atoms with Crippen LogP contribution in [-0.2, 0) is 0 Å². The molecular weight excluding hydrogens is 284 g/mol. The van der Waals surface area contributed by atoms with Crippen molar-refractivity contribution in [2.45, 2.75) is 13.0 Å². The molecule has 0 aliphatic heterocycles. The van der Waals surface area contributed by atoms with Gasteiger partial charge in [-0.1, -0.05) is 12.1 Å². The third-order valence-corrected chi connectivity index (χ3v) is 3.90. The Morgan fingerprint density at radius 1 is 1.14 bits per heavy atom. The molecule has 1 aromatic heterocycles. The van der Waals surface area contributed by atoms with Crippen LogP contribution in [0.15, 0.2) is 42.7 Å². The molecule has 1 atom stereocenters. The van der Waals surface area contributed by atoms with Gasteiger partial charge < -0.3 is 10.3 Å². The van der Waals surface area contributed by atoms with Crippen LogP contribution >= 0.6 is 11.8 Å². The second-order valence-electron chi connectivity index (χ2n) is 4.84. The summed E-state index contributed by atoms with van der Waals surface area (Å²) in [5.74, 6) is 0.701. The molecule has 0 spiro atoms. The fourth-order valence-corrected chi connectivity index (χ4v) is 2.59. The summed E-state index contributed by atoms with van der Waals surface area (Å²) in [5, 5.41) is 2.92. The van der Waals surface area contributed by atoms with Gasteiger partial charge in [-0.25, -0.2) is 0 Å². The van der Waals surface area contributed by atoms with Gasteiger partial charge in [-0.15, -0.1) is 0 Å². The summed E-state index contributed by atoms with van der Waals surface area (Å²) in [7, 11) is 0. The predicted octanol–water partition coefficient (Wildman–Crippen LogP) is 2.73. The van der Waals surface area contributed by atoms with E-state index in [0.717, 1.165) is 5.75 Å². The third kappa shape index (κ3) is 3.98. The summed E-state index contributed by atoms with van der Waals surface area (Å²) in [4.78, 5) is 27.0. The Hall–Kier alpha value is -2.01. The number of thioether (sulfide) groups is 1. The van der Waals surface area contributed by atoms with Crippen LogP contribution in [-0.4, -0.2) is 34.7 Å². The summed E-state index contributed by atoms with van der Waals surface area (Å²) in [6, 6.07) is 8.58. The highest BCUT2D eigenvalue weighted by atomic mass is 32.2. The Bertz CT molecular complexity index is 606. The normalized spacial score (nSPS) is 11.9. The van der Waals surface area contributed by atoms with Gasteiger partial charge in [-0.05, 0) is 31.4 Å². The first kappa shape index (κ1) is 15.4. The van der Waals surface area contributed by atoms with Crippen molar-refractivity contribution in [1.29, 1.82) is 0 Å². The zero-order valence-electron chi connectivity index (χ0n) is 12.1. The van der Waals surface area contributed by atoms with Gasteiger partial charge in [-0.3, -0.25) is 9.59 Å².